The molecule has 7 nitrogen and oxygen atoms in total. The molecule has 4 rings (SSSR count). The van der Waals surface area contributed by atoms with Crippen molar-refractivity contribution >= 4 is 49.8 Å². The molecule has 1 aromatic heterocycles. The van der Waals surface area contributed by atoms with Gasteiger partial charge in [0.1, 0.15) is 0 Å². The van der Waals surface area contributed by atoms with Crippen LogP contribution < -0.4 is 9.62 Å². The van der Waals surface area contributed by atoms with Crippen molar-refractivity contribution in [2.24, 2.45) is 0 Å². The number of nitrogens with zero attached hydrogens (tertiary/aromatic N) is 2. The number of fused-ring (bicyclic) bond motifs is 1. The normalized spacial score (nSPS) is 11.4. The SMILES string of the molecule is CN(c1cccc(Cl)c1)S(=O)(=O)c1cccc(C(=O)Nc2cccc3cn[nH]c23)c1. The van der Waals surface area contributed by atoms with Crippen LogP contribution in [-0.2, 0) is 10.0 Å². The number of aromatic nitrogens is 2. The van der Waals surface area contributed by atoms with Crippen molar-refractivity contribution in [2.45, 2.75) is 4.90 Å². The van der Waals surface area contributed by atoms with Crippen LogP contribution in [0.4, 0.5) is 11.4 Å². The predicted octanol–water partition coefficient (Wildman–Crippen LogP) is 4.29. The number of aromatic amines is 1. The van der Waals surface area contributed by atoms with Gasteiger partial charge >= 0.3 is 0 Å². The number of hydrogen-bond donors (Lipinski definition) is 2. The summed E-state index contributed by atoms with van der Waals surface area (Å²) in [6.45, 7) is 0. The predicted molar refractivity (Wildman–Crippen MR) is 118 cm³/mol. The first kappa shape index (κ1) is 19.9. The van der Waals surface area contributed by atoms with Gasteiger partial charge in [-0.25, -0.2) is 8.42 Å². The zero-order chi connectivity index (χ0) is 21.3. The van der Waals surface area contributed by atoms with Gasteiger partial charge in [-0.3, -0.25) is 14.2 Å². The molecule has 2 N–H and O–H groups in total. The lowest BCUT2D eigenvalue weighted by Crippen LogP contribution is -2.26. The van der Waals surface area contributed by atoms with Gasteiger partial charge in [-0.05, 0) is 42.5 Å². The van der Waals surface area contributed by atoms with Crippen LogP contribution in [0.3, 0.4) is 0 Å². The standard InChI is InChI=1S/C21H17ClN4O3S/c1-26(17-8-4-7-16(22)12-17)30(28,29)18-9-2-5-14(11-18)21(27)24-19-10-3-6-15-13-23-25-20(15)19/h2-13H,1H3,(H,23,25)(H,24,27). The molecule has 1 amide bonds. The molecule has 0 unspecified atom stereocenters. The van der Waals surface area contributed by atoms with Crippen LogP contribution in [0.25, 0.3) is 10.9 Å². The minimum atomic E-state index is -3.88. The van der Waals surface area contributed by atoms with E-state index in [0.29, 0.717) is 21.9 Å². The third-order valence-electron chi connectivity index (χ3n) is 4.65. The summed E-state index contributed by atoms with van der Waals surface area (Å²) < 4.78 is 27.2. The molecule has 152 valence electrons. The molecule has 0 saturated heterocycles. The second-order valence-electron chi connectivity index (χ2n) is 6.57. The zero-order valence-electron chi connectivity index (χ0n) is 15.8. The quantitative estimate of drug-likeness (QED) is 0.483. The van der Waals surface area contributed by atoms with Gasteiger partial charge in [0.25, 0.3) is 15.9 Å². The maximum atomic E-state index is 13.1. The van der Waals surface area contributed by atoms with Crippen molar-refractivity contribution < 1.29 is 13.2 Å². The maximum Gasteiger partial charge on any atom is 0.264 e. The summed E-state index contributed by atoms with van der Waals surface area (Å²) in [5, 5.41) is 10.9. The third kappa shape index (κ3) is 3.74. The highest BCUT2D eigenvalue weighted by Gasteiger charge is 2.23. The highest BCUT2D eigenvalue weighted by Crippen LogP contribution is 2.26. The fourth-order valence-electron chi connectivity index (χ4n) is 3.03. The Labute approximate surface area is 178 Å². The largest absolute Gasteiger partial charge is 0.320 e. The third-order valence-corrected chi connectivity index (χ3v) is 6.67. The molecule has 0 aliphatic rings. The monoisotopic (exact) mass is 440 g/mol. The molecule has 1 heterocycles. The Bertz CT molecular complexity index is 1350. The second kappa shape index (κ2) is 7.81. The number of H-pyrrole nitrogens is 1. The molecular weight excluding hydrogens is 424 g/mol. The molecular formula is C21H17ClN4O3S. The van der Waals surface area contributed by atoms with E-state index in [4.69, 9.17) is 11.6 Å². The van der Waals surface area contributed by atoms with Gasteiger partial charge in [0.2, 0.25) is 0 Å². The fourth-order valence-corrected chi connectivity index (χ4v) is 4.45. The lowest BCUT2D eigenvalue weighted by molar-refractivity contribution is 0.102. The number of sulfonamides is 1. The van der Waals surface area contributed by atoms with E-state index in [1.54, 1.807) is 48.7 Å². The molecule has 0 spiro atoms. The molecule has 0 radical (unpaired) electrons. The first-order chi connectivity index (χ1) is 14.4. The lowest BCUT2D eigenvalue weighted by Gasteiger charge is -2.20. The van der Waals surface area contributed by atoms with Gasteiger partial charge in [0, 0.05) is 23.0 Å². The van der Waals surface area contributed by atoms with Crippen LogP contribution in [0.15, 0.2) is 77.8 Å². The Morgan fingerprint density at radius 1 is 1.07 bits per heavy atom. The number of hydrogen-bond acceptors (Lipinski definition) is 4. The van der Waals surface area contributed by atoms with Gasteiger partial charge in [0.05, 0.1) is 28.0 Å². The molecule has 0 saturated carbocycles. The van der Waals surface area contributed by atoms with Crippen LogP contribution in [0.1, 0.15) is 10.4 Å². The second-order valence-corrected chi connectivity index (χ2v) is 8.98. The summed E-state index contributed by atoms with van der Waals surface area (Å²) in [6.07, 6.45) is 1.66. The van der Waals surface area contributed by atoms with Crippen molar-refractivity contribution in [1.29, 1.82) is 0 Å². The number of para-hydroxylation sites is 1. The van der Waals surface area contributed by atoms with Crippen molar-refractivity contribution in [3.8, 4) is 0 Å². The molecule has 4 aromatic rings. The molecule has 0 bridgehead atoms. The number of anilines is 2. The number of amides is 1. The minimum Gasteiger partial charge on any atom is -0.320 e. The van der Waals surface area contributed by atoms with Crippen LogP contribution in [0.2, 0.25) is 5.02 Å². The van der Waals surface area contributed by atoms with Gasteiger partial charge in [-0.1, -0.05) is 35.9 Å². The zero-order valence-corrected chi connectivity index (χ0v) is 17.4. The van der Waals surface area contributed by atoms with Gasteiger partial charge in [-0.2, -0.15) is 5.10 Å². The first-order valence-corrected chi connectivity index (χ1v) is 10.8. The van der Waals surface area contributed by atoms with Crippen molar-refractivity contribution in [1.82, 2.24) is 10.2 Å². The summed E-state index contributed by atoms with van der Waals surface area (Å²) in [4.78, 5) is 12.8. The van der Waals surface area contributed by atoms with Crippen molar-refractivity contribution in [3.05, 3.63) is 83.5 Å². The first-order valence-electron chi connectivity index (χ1n) is 8.94. The van der Waals surface area contributed by atoms with Crippen molar-refractivity contribution in [3.63, 3.8) is 0 Å². The van der Waals surface area contributed by atoms with E-state index in [1.807, 2.05) is 6.07 Å². The van der Waals surface area contributed by atoms with E-state index < -0.39 is 15.9 Å². The van der Waals surface area contributed by atoms with Crippen LogP contribution in [-0.4, -0.2) is 31.6 Å². The van der Waals surface area contributed by atoms with Gasteiger partial charge in [0.15, 0.2) is 0 Å². The van der Waals surface area contributed by atoms with Crippen molar-refractivity contribution in [2.75, 3.05) is 16.7 Å². The van der Waals surface area contributed by atoms with Crippen LogP contribution in [0, 0.1) is 0 Å². The van der Waals surface area contributed by atoms with E-state index in [-0.39, 0.29) is 10.5 Å². The van der Waals surface area contributed by atoms with E-state index in [2.05, 4.69) is 15.5 Å². The van der Waals surface area contributed by atoms with Gasteiger partial charge < -0.3 is 5.32 Å². The van der Waals surface area contributed by atoms with E-state index in [9.17, 15) is 13.2 Å². The Hall–Kier alpha value is -3.36. The molecule has 0 aliphatic heterocycles. The number of benzene rings is 3. The smallest absolute Gasteiger partial charge is 0.264 e. The Morgan fingerprint density at radius 3 is 2.63 bits per heavy atom. The summed E-state index contributed by atoms with van der Waals surface area (Å²) in [6, 6.07) is 17.8. The minimum absolute atomic E-state index is 0.00243. The topological polar surface area (TPSA) is 95.2 Å². The van der Waals surface area contributed by atoms with Crippen LogP contribution >= 0.6 is 11.6 Å². The molecule has 30 heavy (non-hydrogen) atoms. The molecule has 0 atom stereocenters. The number of carbonyl (C=O) groups is 1. The molecule has 0 aliphatic carbocycles. The Morgan fingerprint density at radius 2 is 1.83 bits per heavy atom. The number of carbonyl (C=O) groups excluding carboxylic acids is 1. The van der Waals surface area contributed by atoms with Crippen LogP contribution in [0.5, 0.6) is 0 Å². The Kier molecular flexibility index (Phi) is 5.19. The van der Waals surface area contributed by atoms with Gasteiger partial charge in [-0.15, -0.1) is 0 Å². The fraction of sp³-hybridized carbons (Fsp3) is 0.0476. The highest BCUT2D eigenvalue weighted by atomic mass is 35.5. The maximum absolute atomic E-state index is 13.1. The number of rotatable bonds is 5. The number of halogens is 1. The lowest BCUT2D eigenvalue weighted by atomic mass is 10.2. The van der Waals surface area contributed by atoms with E-state index >= 15 is 0 Å². The molecule has 3 aromatic carbocycles. The summed E-state index contributed by atoms with van der Waals surface area (Å²) >= 11 is 5.98. The average Bonchev–Trinajstić information content (AvgIpc) is 3.23. The van der Waals surface area contributed by atoms with E-state index in [0.717, 1.165) is 9.69 Å². The number of nitrogens with one attached hydrogen (secondary N) is 2. The van der Waals surface area contributed by atoms with E-state index in [1.165, 1.54) is 25.2 Å². The average molecular weight is 441 g/mol. The Balaban J connectivity index is 1.63. The molecule has 9 heteroatoms. The molecule has 0 fully saturated rings. The highest BCUT2D eigenvalue weighted by molar-refractivity contribution is 7.92. The summed E-state index contributed by atoms with van der Waals surface area (Å²) in [5.41, 5.74) is 1.88. The summed E-state index contributed by atoms with van der Waals surface area (Å²) in [5.74, 6) is -0.431. The summed E-state index contributed by atoms with van der Waals surface area (Å²) in [7, 11) is -2.45.